The van der Waals surface area contributed by atoms with E-state index in [1.807, 2.05) is 0 Å². The molecule has 0 saturated heterocycles. The van der Waals surface area contributed by atoms with E-state index in [4.69, 9.17) is 14.7 Å². The molecule has 0 radical (unpaired) electrons. The lowest BCUT2D eigenvalue weighted by Gasteiger charge is -2.24. The summed E-state index contributed by atoms with van der Waals surface area (Å²) in [7, 11) is 1.51. The maximum Gasteiger partial charge on any atom is 0.254 e. The van der Waals surface area contributed by atoms with Crippen LogP contribution in [-0.2, 0) is 6.61 Å². The van der Waals surface area contributed by atoms with Gasteiger partial charge in [-0.1, -0.05) is 12.1 Å². The molecule has 164 valence electrons. The highest BCUT2D eigenvalue weighted by Gasteiger charge is 2.26. The van der Waals surface area contributed by atoms with Crippen LogP contribution >= 0.6 is 0 Å². The summed E-state index contributed by atoms with van der Waals surface area (Å²) < 4.78 is 53.4. The molecule has 5 nitrogen and oxygen atoms in total. The summed E-state index contributed by atoms with van der Waals surface area (Å²) in [5, 5.41) is 11.5. The van der Waals surface area contributed by atoms with E-state index in [0.717, 1.165) is 25.7 Å². The molecule has 0 aliphatic heterocycles. The second-order valence-corrected chi connectivity index (χ2v) is 7.56. The maximum atomic E-state index is 14.4. The molecule has 1 aliphatic carbocycles. The van der Waals surface area contributed by atoms with Crippen molar-refractivity contribution in [1.29, 1.82) is 5.26 Å². The van der Waals surface area contributed by atoms with Crippen LogP contribution in [0, 0.1) is 40.6 Å². The number of carbonyl (C=O) groups excluding carboxylic acids is 1. The van der Waals surface area contributed by atoms with E-state index in [0.29, 0.717) is 17.4 Å². The van der Waals surface area contributed by atoms with Crippen LogP contribution in [0.3, 0.4) is 0 Å². The number of amides is 1. The number of benzene rings is 2. The van der Waals surface area contributed by atoms with Gasteiger partial charge in [0.05, 0.1) is 18.7 Å². The smallest absolute Gasteiger partial charge is 0.254 e. The molecule has 0 atom stereocenters. The molecule has 2 aromatic rings. The average Bonchev–Trinajstić information content (AvgIpc) is 2.80. The second-order valence-electron chi connectivity index (χ2n) is 7.56. The first-order valence-electron chi connectivity index (χ1n) is 10.0. The molecule has 1 fully saturated rings. The predicted octanol–water partition coefficient (Wildman–Crippen LogP) is 4.75. The van der Waals surface area contributed by atoms with Gasteiger partial charge in [-0.15, -0.1) is 0 Å². The number of nitrogens with zero attached hydrogens (tertiary/aromatic N) is 1. The third-order valence-corrected chi connectivity index (χ3v) is 5.48. The van der Waals surface area contributed by atoms with Crippen molar-refractivity contribution < 1.29 is 27.4 Å². The summed E-state index contributed by atoms with van der Waals surface area (Å²) >= 11 is 0. The van der Waals surface area contributed by atoms with Crippen molar-refractivity contribution in [2.24, 2.45) is 11.8 Å². The van der Waals surface area contributed by atoms with E-state index >= 15 is 0 Å². The van der Waals surface area contributed by atoms with Gasteiger partial charge in [0, 0.05) is 12.5 Å². The fraction of sp³-hybridized carbons (Fsp3) is 0.391. The summed E-state index contributed by atoms with van der Waals surface area (Å²) in [6.45, 7) is 0.0730. The summed E-state index contributed by atoms with van der Waals surface area (Å²) in [4.78, 5) is 12.3. The number of nitrogens with one attached hydrogen (secondary N) is 1. The van der Waals surface area contributed by atoms with Crippen LogP contribution in [0.4, 0.5) is 13.2 Å². The van der Waals surface area contributed by atoms with Gasteiger partial charge in [0.25, 0.3) is 5.91 Å². The van der Waals surface area contributed by atoms with Gasteiger partial charge >= 0.3 is 0 Å². The molecule has 0 unspecified atom stereocenters. The first kappa shape index (κ1) is 22.5. The minimum Gasteiger partial charge on any atom is -0.497 e. The van der Waals surface area contributed by atoms with Crippen molar-refractivity contribution >= 4 is 5.91 Å². The van der Waals surface area contributed by atoms with Crippen LogP contribution in [-0.4, -0.2) is 19.6 Å². The largest absolute Gasteiger partial charge is 0.497 e. The zero-order chi connectivity index (χ0) is 22.4. The summed E-state index contributed by atoms with van der Waals surface area (Å²) in [5.41, 5.74) is -0.106. The van der Waals surface area contributed by atoms with E-state index in [2.05, 4.69) is 11.4 Å². The van der Waals surface area contributed by atoms with E-state index in [1.165, 1.54) is 7.11 Å². The van der Waals surface area contributed by atoms with E-state index < -0.39 is 34.7 Å². The van der Waals surface area contributed by atoms with Crippen LogP contribution in [0.25, 0.3) is 0 Å². The molecule has 3 rings (SSSR count). The molecule has 31 heavy (non-hydrogen) atoms. The molecular formula is C23H23F3N2O3. The second kappa shape index (κ2) is 10.2. The van der Waals surface area contributed by atoms with Gasteiger partial charge in [-0.3, -0.25) is 4.79 Å². The third-order valence-electron chi connectivity index (χ3n) is 5.48. The van der Waals surface area contributed by atoms with Crippen LogP contribution in [0.15, 0.2) is 30.3 Å². The normalized spacial score (nSPS) is 18.2. The van der Waals surface area contributed by atoms with Crippen molar-refractivity contribution in [3.63, 3.8) is 0 Å². The number of methoxy groups -OCH3 is 1. The van der Waals surface area contributed by atoms with Crippen LogP contribution in [0.5, 0.6) is 11.5 Å². The van der Waals surface area contributed by atoms with Crippen molar-refractivity contribution in [2.45, 2.75) is 32.3 Å². The van der Waals surface area contributed by atoms with Gasteiger partial charge in [0.1, 0.15) is 12.4 Å². The average molecular weight is 432 g/mol. The highest BCUT2D eigenvalue weighted by molar-refractivity contribution is 5.94. The van der Waals surface area contributed by atoms with Crippen LogP contribution < -0.4 is 14.8 Å². The monoisotopic (exact) mass is 432 g/mol. The molecular weight excluding hydrogens is 409 g/mol. The lowest BCUT2D eigenvalue weighted by molar-refractivity contribution is 0.0936. The Labute approximate surface area is 178 Å². The Bertz CT molecular complexity index is 966. The fourth-order valence-electron chi connectivity index (χ4n) is 3.58. The van der Waals surface area contributed by atoms with Gasteiger partial charge in [0.2, 0.25) is 5.82 Å². The number of ether oxygens (including phenoxy) is 2. The zero-order valence-electron chi connectivity index (χ0n) is 17.1. The Morgan fingerprint density at radius 2 is 1.81 bits per heavy atom. The van der Waals surface area contributed by atoms with Gasteiger partial charge in [-0.05, 0) is 55.4 Å². The zero-order valence-corrected chi connectivity index (χ0v) is 17.1. The Kier molecular flexibility index (Phi) is 7.40. The van der Waals surface area contributed by atoms with Crippen LogP contribution in [0.2, 0.25) is 0 Å². The van der Waals surface area contributed by atoms with Crippen molar-refractivity contribution in [1.82, 2.24) is 5.32 Å². The molecule has 1 N–H and O–H groups in total. The summed E-state index contributed by atoms with van der Waals surface area (Å²) in [6.07, 6.45) is 3.02. The Morgan fingerprint density at radius 3 is 2.42 bits per heavy atom. The first-order valence-corrected chi connectivity index (χ1v) is 10.0. The number of rotatable bonds is 7. The van der Waals surface area contributed by atoms with E-state index in [9.17, 15) is 18.0 Å². The van der Waals surface area contributed by atoms with Crippen molar-refractivity contribution in [2.75, 3.05) is 13.7 Å². The van der Waals surface area contributed by atoms with Gasteiger partial charge < -0.3 is 14.8 Å². The Hall–Kier alpha value is -3.21. The first-order chi connectivity index (χ1) is 14.9. The number of hydrogen-bond acceptors (Lipinski definition) is 4. The third kappa shape index (κ3) is 5.48. The SMILES string of the molecule is COc1ccc(COc2c(F)cc(C(=O)NCC3CCC(C#N)CC3)c(F)c2F)cc1. The predicted molar refractivity (Wildman–Crippen MR) is 107 cm³/mol. The van der Waals surface area contributed by atoms with E-state index in [-0.39, 0.29) is 25.0 Å². The standard InChI is InChI=1S/C23H23F3N2O3/c1-30-17-8-6-16(7-9-17)13-31-22-19(24)10-18(20(25)21(22)26)23(29)28-12-15-4-2-14(11-27)3-5-15/h6-10,14-15H,2-5,12-13H2,1H3,(H,28,29). The minimum absolute atomic E-state index is 0.0260. The molecule has 1 saturated carbocycles. The summed E-state index contributed by atoms with van der Waals surface area (Å²) in [6, 6.07) is 9.49. The topological polar surface area (TPSA) is 71.3 Å². The lowest BCUT2D eigenvalue weighted by atomic mass is 9.83. The molecule has 0 spiro atoms. The molecule has 0 bridgehead atoms. The number of hydrogen-bond donors (Lipinski definition) is 1. The quantitative estimate of drug-likeness (QED) is 0.641. The number of carbonyl (C=O) groups is 1. The minimum atomic E-state index is -1.55. The highest BCUT2D eigenvalue weighted by atomic mass is 19.2. The van der Waals surface area contributed by atoms with Gasteiger partial charge in [-0.2, -0.15) is 9.65 Å². The molecule has 2 aromatic carbocycles. The van der Waals surface area contributed by atoms with E-state index in [1.54, 1.807) is 24.3 Å². The molecule has 0 aromatic heterocycles. The van der Waals surface area contributed by atoms with Gasteiger partial charge in [0.15, 0.2) is 17.4 Å². The van der Waals surface area contributed by atoms with Gasteiger partial charge in [-0.25, -0.2) is 8.78 Å². The molecule has 0 heterocycles. The van der Waals surface area contributed by atoms with Crippen LogP contribution in [0.1, 0.15) is 41.6 Å². The lowest BCUT2D eigenvalue weighted by Crippen LogP contribution is -2.32. The Morgan fingerprint density at radius 1 is 1.13 bits per heavy atom. The highest BCUT2D eigenvalue weighted by Crippen LogP contribution is 2.29. The Balaban J connectivity index is 1.63. The molecule has 1 amide bonds. The molecule has 1 aliphatic rings. The number of nitriles is 1. The summed E-state index contributed by atoms with van der Waals surface area (Å²) in [5.74, 6) is -5.15. The van der Waals surface area contributed by atoms with Crippen molar-refractivity contribution in [3.05, 3.63) is 58.9 Å². The molecule has 8 heteroatoms. The van der Waals surface area contributed by atoms with Crippen molar-refractivity contribution in [3.8, 4) is 17.6 Å². The number of halogens is 3. The fourth-order valence-corrected chi connectivity index (χ4v) is 3.58. The maximum absolute atomic E-state index is 14.4.